The van der Waals surface area contributed by atoms with Gasteiger partial charge in [-0.3, -0.25) is 9.59 Å². The Morgan fingerprint density at radius 2 is 1.90 bits per heavy atom. The lowest BCUT2D eigenvalue weighted by Gasteiger charge is -2.41. The molecule has 164 valence electrons. The molecular weight excluding hydrogens is 380 g/mol. The maximum atomic E-state index is 13.6. The van der Waals surface area contributed by atoms with E-state index in [-0.39, 0.29) is 17.9 Å². The number of likely N-dealkylation sites (N-methyl/N-ethyl adjacent to an activating group) is 1. The molecule has 2 heterocycles. The predicted molar refractivity (Wildman–Crippen MR) is 115 cm³/mol. The van der Waals surface area contributed by atoms with Crippen LogP contribution in [0.3, 0.4) is 0 Å². The molecular formula is C24H34N2O4. The Bertz CT molecular complexity index is 796. The van der Waals surface area contributed by atoms with Gasteiger partial charge in [0.1, 0.15) is 17.4 Å². The van der Waals surface area contributed by atoms with Crippen molar-refractivity contribution >= 4 is 11.8 Å². The van der Waals surface area contributed by atoms with E-state index < -0.39 is 11.6 Å². The summed E-state index contributed by atoms with van der Waals surface area (Å²) in [6.07, 6.45) is 7.11. The van der Waals surface area contributed by atoms with Crippen LogP contribution >= 0.6 is 0 Å². The second-order valence-corrected chi connectivity index (χ2v) is 9.25. The number of benzene rings is 1. The van der Waals surface area contributed by atoms with Crippen LogP contribution in [0.15, 0.2) is 18.2 Å². The van der Waals surface area contributed by atoms with Gasteiger partial charge in [0.25, 0.3) is 5.91 Å². The van der Waals surface area contributed by atoms with Crippen LogP contribution < -0.4 is 4.74 Å². The van der Waals surface area contributed by atoms with Gasteiger partial charge in [0.05, 0.1) is 25.3 Å². The summed E-state index contributed by atoms with van der Waals surface area (Å²) >= 11 is 0. The Morgan fingerprint density at radius 1 is 1.20 bits per heavy atom. The van der Waals surface area contributed by atoms with Crippen molar-refractivity contribution in [2.45, 2.75) is 76.5 Å². The zero-order chi connectivity index (χ0) is 21.3. The highest BCUT2D eigenvalue weighted by Gasteiger charge is 2.45. The number of carbonyl (C=O) groups is 2. The SMILES string of the molecule is Cc1ccc2c(c1)C(=O)N(C(C)C(=O)N(C)C1CCCCC1)CC1(CCOCC1)O2. The average molecular weight is 415 g/mol. The maximum absolute atomic E-state index is 13.6. The molecule has 1 unspecified atom stereocenters. The number of hydrogen-bond donors (Lipinski definition) is 0. The van der Waals surface area contributed by atoms with Crippen molar-refractivity contribution in [3.63, 3.8) is 0 Å². The Labute approximate surface area is 179 Å². The van der Waals surface area contributed by atoms with Gasteiger partial charge in [-0.1, -0.05) is 30.9 Å². The third-order valence-corrected chi connectivity index (χ3v) is 7.11. The lowest BCUT2D eigenvalue weighted by atomic mass is 9.92. The van der Waals surface area contributed by atoms with E-state index in [1.54, 1.807) is 4.90 Å². The molecule has 0 bridgehead atoms. The fraction of sp³-hybridized carbons (Fsp3) is 0.667. The number of fused-ring (bicyclic) bond motifs is 1. The largest absolute Gasteiger partial charge is 0.484 e. The van der Waals surface area contributed by atoms with Gasteiger partial charge in [-0.15, -0.1) is 0 Å². The number of ether oxygens (including phenoxy) is 2. The number of amides is 2. The van der Waals surface area contributed by atoms with Crippen LogP contribution in [0.5, 0.6) is 5.75 Å². The van der Waals surface area contributed by atoms with Crippen LogP contribution in [-0.4, -0.2) is 66.1 Å². The van der Waals surface area contributed by atoms with Crippen molar-refractivity contribution in [2.75, 3.05) is 26.8 Å². The highest BCUT2D eigenvalue weighted by Crippen LogP contribution is 2.36. The lowest BCUT2D eigenvalue weighted by molar-refractivity contribution is -0.138. The van der Waals surface area contributed by atoms with E-state index in [2.05, 4.69) is 0 Å². The summed E-state index contributed by atoms with van der Waals surface area (Å²) in [6.45, 7) is 5.46. The van der Waals surface area contributed by atoms with Gasteiger partial charge in [-0.05, 0) is 38.8 Å². The molecule has 2 amide bonds. The first kappa shape index (κ1) is 21.2. The highest BCUT2D eigenvalue weighted by molar-refractivity contribution is 6.00. The fourth-order valence-corrected chi connectivity index (χ4v) is 5.10. The normalized spacial score (nSPS) is 22.8. The Kier molecular flexibility index (Phi) is 6.05. The average Bonchev–Trinajstić information content (AvgIpc) is 2.88. The second-order valence-electron chi connectivity index (χ2n) is 9.25. The van der Waals surface area contributed by atoms with Gasteiger partial charge in [-0.2, -0.15) is 0 Å². The first-order valence-corrected chi connectivity index (χ1v) is 11.4. The summed E-state index contributed by atoms with van der Waals surface area (Å²) in [4.78, 5) is 30.7. The zero-order valence-corrected chi connectivity index (χ0v) is 18.5. The Hall–Kier alpha value is -2.08. The van der Waals surface area contributed by atoms with E-state index in [1.165, 1.54) is 19.3 Å². The summed E-state index contributed by atoms with van der Waals surface area (Å²) in [5, 5.41) is 0. The molecule has 1 aromatic carbocycles. The monoisotopic (exact) mass is 414 g/mol. The summed E-state index contributed by atoms with van der Waals surface area (Å²) in [5.74, 6) is 0.527. The fourth-order valence-electron chi connectivity index (χ4n) is 5.10. The first-order chi connectivity index (χ1) is 14.4. The van der Waals surface area contributed by atoms with E-state index in [0.717, 1.165) is 18.4 Å². The van der Waals surface area contributed by atoms with Gasteiger partial charge >= 0.3 is 0 Å². The predicted octanol–water partition coefficient (Wildman–Crippen LogP) is 3.56. The van der Waals surface area contributed by atoms with Crippen LogP contribution in [0.4, 0.5) is 0 Å². The van der Waals surface area contributed by atoms with Crippen molar-refractivity contribution in [3.05, 3.63) is 29.3 Å². The summed E-state index contributed by atoms with van der Waals surface area (Å²) < 4.78 is 12.1. The third-order valence-electron chi connectivity index (χ3n) is 7.11. The van der Waals surface area contributed by atoms with Gasteiger partial charge in [0, 0.05) is 25.9 Å². The van der Waals surface area contributed by atoms with Crippen LogP contribution in [0.25, 0.3) is 0 Å². The molecule has 1 spiro atoms. The molecule has 3 aliphatic rings. The lowest BCUT2D eigenvalue weighted by Crippen LogP contribution is -2.57. The number of carbonyl (C=O) groups excluding carboxylic acids is 2. The molecule has 1 aromatic rings. The maximum Gasteiger partial charge on any atom is 0.258 e. The second kappa shape index (κ2) is 8.58. The van der Waals surface area contributed by atoms with Gasteiger partial charge in [0.15, 0.2) is 0 Å². The minimum atomic E-state index is -0.529. The van der Waals surface area contributed by atoms with E-state index in [4.69, 9.17) is 9.47 Å². The zero-order valence-electron chi connectivity index (χ0n) is 18.5. The molecule has 1 atom stereocenters. The van der Waals surface area contributed by atoms with Gasteiger partial charge in [0.2, 0.25) is 5.91 Å². The summed E-state index contributed by atoms with van der Waals surface area (Å²) in [5.41, 5.74) is 1.05. The highest BCUT2D eigenvalue weighted by atomic mass is 16.5. The van der Waals surface area contributed by atoms with E-state index in [9.17, 15) is 9.59 Å². The number of hydrogen-bond acceptors (Lipinski definition) is 4. The topological polar surface area (TPSA) is 59.1 Å². The van der Waals surface area contributed by atoms with Crippen LogP contribution in [0, 0.1) is 6.92 Å². The molecule has 2 fully saturated rings. The number of rotatable bonds is 3. The smallest absolute Gasteiger partial charge is 0.258 e. The van der Waals surface area contributed by atoms with Crippen molar-refractivity contribution in [1.82, 2.24) is 9.80 Å². The van der Waals surface area contributed by atoms with Gasteiger partial charge in [-0.25, -0.2) is 0 Å². The molecule has 0 radical (unpaired) electrons. The molecule has 1 aliphatic carbocycles. The van der Waals surface area contributed by atoms with Crippen LogP contribution in [0.2, 0.25) is 0 Å². The van der Waals surface area contributed by atoms with Gasteiger partial charge < -0.3 is 19.3 Å². The third kappa shape index (κ3) is 4.07. The van der Waals surface area contributed by atoms with Crippen molar-refractivity contribution in [3.8, 4) is 5.75 Å². The first-order valence-electron chi connectivity index (χ1n) is 11.4. The Balaban J connectivity index is 1.64. The molecule has 2 aliphatic heterocycles. The molecule has 4 rings (SSSR count). The Morgan fingerprint density at radius 3 is 2.60 bits per heavy atom. The molecule has 1 saturated heterocycles. The molecule has 0 aromatic heterocycles. The molecule has 30 heavy (non-hydrogen) atoms. The van der Waals surface area contributed by atoms with Crippen molar-refractivity contribution in [1.29, 1.82) is 0 Å². The van der Waals surface area contributed by atoms with Crippen molar-refractivity contribution in [2.24, 2.45) is 0 Å². The molecule has 1 saturated carbocycles. The minimum Gasteiger partial charge on any atom is -0.484 e. The van der Waals surface area contributed by atoms with E-state index in [0.29, 0.717) is 43.9 Å². The van der Waals surface area contributed by atoms with E-state index >= 15 is 0 Å². The van der Waals surface area contributed by atoms with Crippen LogP contribution in [0.1, 0.15) is 67.8 Å². The molecule has 6 heteroatoms. The summed E-state index contributed by atoms with van der Waals surface area (Å²) in [7, 11) is 1.90. The van der Waals surface area contributed by atoms with Crippen molar-refractivity contribution < 1.29 is 19.1 Å². The quantitative estimate of drug-likeness (QED) is 0.759. The molecule has 0 N–H and O–H groups in total. The van der Waals surface area contributed by atoms with Crippen LogP contribution in [-0.2, 0) is 9.53 Å². The standard InChI is InChI=1S/C24H34N2O4/c1-17-9-10-21-20(15-17)23(28)26(16-24(30-21)11-13-29-14-12-24)18(2)22(27)25(3)19-7-5-4-6-8-19/h9-10,15,18-19H,4-8,11-14,16H2,1-3H3. The van der Waals surface area contributed by atoms with E-state index in [1.807, 2.05) is 44.0 Å². The summed E-state index contributed by atoms with van der Waals surface area (Å²) in [6, 6.07) is 5.49. The number of nitrogens with zero attached hydrogens (tertiary/aromatic N) is 2. The minimum absolute atomic E-state index is 0.0218. The molecule has 6 nitrogen and oxygen atoms in total. The number of aryl methyl sites for hydroxylation is 1.